The van der Waals surface area contributed by atoms with E-state index in [1.807, 2.05) is 11.0 Å². The molecule has 1 heterocycles. The van der Waals surface area contributed by atoms with Crippen molar-refractivity contribution in [2.75, 3.05) is 19.3 Å². The van der Waals surface area contributed by atoms with Crippen molar-refractivity contribution >= 4 is 15.9 Å². The van der Waals surface area contributed by atoms with E-state index in [4.69, 9.17) is 0 Å². The minimum Gasteiger partial charge on any atom is -0.342 e. The molecule has 1 saturated carbocycles. The third-order valence-electron chi connectivity index (χ3n) is 6.31. The number of carbonyl (C=O) groups excluding carboxylic acids is 1. The predicted octanol–water partition coefficient (Wildman–Crippen LogP) is 3.70. The summed E-state index contributed by atoms with van der Waals surface area (Å²) in [5.74, 6) is 0.525. The first-order valence-corrected chi connectivity index (χ1v) is 12.6. The Hall–Kier alpha value is -2.18. The van der Waals surface area contributed by atoms with Gasteiger partial charge in [-0.25, -0.2) is 13.1 Å². The van der Waals surface area contributed by atoms with Gasteiger partial charge in [-0.05, 0) is 60.8 Å². The third-order valence-corrected chi connectivity index (χ3v) is 7.07. The number of nitrogens with one attached hydrogen (secondary N) is 1. The maximum Gasteiger partial charge on any atom is 0.226 e. The molecule has 2 fully saturated rings. The first-order chi connectivity index (χ1) is 14.3. The minimum atomic E-state index is -3.22. The lowest BCUT2D eigenvalue weighted by molar-refractivity contribution is -0.132. The number of nitrogens with zero attached hydrogens (tertiary/aromatic N) is 1. The van der Waals surface area contributed by atoms with E-state index in [-0.39, 0.29) is 23.8 Å². The highest BCUT2D eigenvalue weighted by Crippen LogP contribution is 2.52. The molecular weight excluding hydrogens is 396 g/mol. The number of likely N-dealkylation sites (tertiary alicyclic amines) is 1. The van der Waals surface area contributed by atoms with Gasteiger partial charge < -0.3 is 4.90 Å². The fourth-order valence-electron chi connectivity index (χ4n) is 4.80. The average molecular weight is 427 g/mol. The van der Waals surface area contributed by atoms with Crippen molar-refractivity contribution in [2.24, 2.45) is 5.92 Å². The van der Waals surface area contributed by atoms with Gasteiger partial charge in [-0.15, -0.1) is 0 Å². The van der Waals surface area contributed by atoms with Crippen LogP contribution < -0.4 is 4.72 Å². The van der Waals surface area contributed by atoms with Gasteiger partial charge >= 0.3 is 0 Å². The quantitative estimate of drug-likeness (QED) is 0.793. The summed E-state index contributed by atoms with van der Waals surface area (Å²) in [5.41, 5.74) is 4.96. The van der Waals surface area contributed by atoms with E-state index in [1.54, 1.807) is 0 Å². The number of carbonyl (C=O) groups is 1. The zero-order valence-corrected chi connectivity index (χ0v) is 18.5. The number of hydrogen-bond donors (Lipinski definition) is 1. The number of hydrogen-bond acceptors (Lipinski definition) is 3. The summed E-state index contributed by atoms with van der Waals surface area (Å²) < 4.78 is 25.8. The van der Waals surface area contributed by atoms with Crippen LogP contribution in [-0.4, -0.2) is 44.6 Å². The number of benzene rings is 2. The zero-order chi connectivity index (χ0) is 21.3. The Balaban J connectivity index is 1.47. The second-order valence-electron chi connectivity index (χ2n) is 8.69. The molecule has 2 aliphatic rings. The lowest BCUT2D eigenvalue weighted by Gasteiger charge is -2.21. The second kappa shape index (κ2) is 8.52. The van der Waals surface area contributed by atoms with Crippen LogP contribution in [0.3, 0.4) is 0 Å². The minimum absolute atomic E-state index is 0.0352. The van der Waals surface area contributed by atoms with Gasteiger partial charge in [0.05, 0.1) is 6.26 Å². The molecule has 5 nitrogen and oxygen atoms in total. The summed E-state index contributed by atoms with van der Waals surface area (Å²) in [6.07, 6.45) is 4.37. The van der Waals surface area contributed by atoms with Gasteiger partial charge in [0.25, 0.3) is 0 Å². The van der Waals surface area contributed by atoms with Crippen LogP contribution in [0.1, 0.15) is 42.7 Å². The van der Waals surface area contributed by atoms with Gasteiger partial charge in [0.1, 0.15) is 0 Å². The lowest BCUT2D eigenvalue weighted by atomic mass is 9.92. The van der Waals surface area contributed by atoms with Crippen LogP contribution in [0.2, 0.25) is 0 Å². The molecule has 3 atom stereocenters. The van der Waals surface area contributed by atoms with Crippen LogP contribution in [0.15, 0.2) is 48.5 Å². The van der Waals surface area contributed by atoms with Crippen molar-refractivity contribution in [2.45, 2.75) is 44.6 Å². The maximum absolute atomic E-state index is 13.2. The van der Waals surface area contributed by atoms with Gasteiger partial charge in [-0.3, -0.25) is 4.79 Å². The van der Waals surface area contributed by atoms with E-state index in [9.17, 15) is 13.2 Å². The molecule has 0 unspecified atom stereocenters. The standard InChI is InChI=1S/C24H30N2O3S/c1-17-8-6-12-20(18-9-4-3-5-10-18)23(17)21-16-22(21)24(27)26-14-7-11-19(13-15-26)25-30(2,28)29/h3-6,8-10,12,19,21-22,25H,7,11,13-16H2,1-2H3/t19-,21+,22+/m0/s1. The molecule has 0 spiro atoms. The molecule has 0 aromatic heterocycles. The molecule has 0 bridgehead atoms. The summed E-state index contributed by atoms with van der Waals surface area (Å²) >= 11 is 0. The van der Waals surface area contributed by atoms with E-state index in [1.165, 1.54) is 28.5 Å². The molecule has 1 N–H and O–H groups in total. The second-order valence-corrected chi connectivity index (χ2v) is 10.5. The van der Waals surface area contributed by atoms with Gasteiger partial charge in [-0.2, -0.15) is 0 Å². The summed E-state index contributed by atoms with van der Waals surface area (Å²) in [6, 6.07) is 16.7. The Morgan fingerprint density at radius 2 is 1.80 bits per heavy atom. The molecule has 30 heavy (non-hydrogen) atoms. The molecule has 1 aliphatic heterocycles. The lowest BCUT2D eigenvalue weighted by Crippen LogP contribution is -2.36. The van der Waals surface area contributed by atoms with Gasteiger partial charge in [-0.1, -0.05) is 48.5 Å². The summed E-state index contributed by atoms with van der Waals surface area (Å²) in [5, 5.41) is 0. The number of aryl methyl sites for hydroxylation is 1. The molecule has 1 saturated heterocycles. The van der Waals surface area contributed by atoms with Crippen molar-refractivity contribution in [3.8, 4) is 11.1 Å². The molecule has 0 radical (unpaired) electrons. The molecule has 4 rings (SSSR count). The maximum atomic E-state index is 13.2. The topological polar surface area (TPSA) is 66.5 Å². The molecule has 1 aliphatic carbocycles. The first-order valence-electron chi connectivity index (χ1n) is 10.7. The molecule has 2 aromatic rings. The Kier molecular flexibility index (Phi) is 5.98. The number of amides is 1. The number of rotatable bonds is 5. The molecule has 2 aromatic carbocycles. The Bertz CT molecular complexity index is 1020. The van der Waals surface area contributed by atoms with Crippen molar-refractivity contribution in [3.05, 3.63) is 59.7 Å². The normalized spacial score (nSPS) is 24.3. The fraction of sp³-hybridized carbons (Fsp3) is 0.458. The SMILES string of the molecule is Cc1cccc(-c2ccccc2)c1[C@@H]1C[C@H]1C(=O)N1CCC[C@H](NS(C)(=O)=O)CC1. The van der Waals surface area contributed by atoms with Crippen molar-refractivity contribution in [1.29, 1.82) is 0 Å². The van der Waals surface area contributed by atoms with Crippen LogP contribution in [0.25, 0.3) is 11.1 Å². The van der Waals surface area contributed by atoms with E-state index in [0.29, 0.717) is 19.5 Å². The van der Waals surface area contributed by atoms with E-state index in [2.05, 4.69) is 54.1 Å². The Morgan fingerprint density at radius 1 is 1.03 bits per heavy atom. The van der Waals surface area contributed by atoms with Crippen molar-refractivity contribution in [3.63, 3.8) is 0 Å². The highest BCUT2D eigenvalue weighted by atomic mass is 32.2. The molecule has 1 amide bonds. The highest BCUT2D eigenvalue weighted by molar-refractivity contribution is 7.88. The molecular formula is C24H30N2O3S. The monoisotopic (exact) mass is 426 g/mol. The predicted molar refractivity (Wildman–Crippen MR) is 120 cm³/mol. The van der Waals surface area contributed by atoms with Crippen LogP contribution in [0.5, 0.6) is 0 Å². The van der Waals surface area contributed by atoms with Crippen LogP contribution in [0.4, 0.5) is 0 Å². The van der Waals surface area contributed by atoms with E-state index >= 15 is 0 Å². The number of sulfonamides is 1. The molecule has 6 heteroatoms. The van der Waals surface area contributed by atoms with Gasteiger partial charge in [0, 0.05) is 25.0 Å². The Morgan fingerprint density at radius 3 is 2.53 bits per heavy atom. The van der Waals surface area contributed by atoms with Crippen LogP contribution >= 0.6 is 0 Å². The van der Waals surface area contributed by atoms with Crippen molar-refractivity contribution in [1.82, 2.24) is 9.62 Å². The van der Waals surface area contributed by atoms with Crippen LogP contribution in [-0.2, 0) is 14.8 Å². The van der Waals surface area contributed by atoms with Gasteiger partial charge in [0.15, 0.2) is 0 Å². The third kappa shape index (κ3) is 4.76. The Labute approximate surface area is 179 Å². The van der Waals surface area contributed by atoms with E-state index < -0.39 is 10.0 Å². The average Bonchev–Trinajstić information content (AvgIpc) is 3.51. The smallest absolute Gasteiger partial charge is 0.226 e. The fourth-order valence-corrected chi connectivity index (χ4v) is 5.64. The van der Waals surface area contributed by atoms with Crippen LogP contribution in [0, 0.1) is 12.8 Å². The van der Waals surface area contributed by atoms with E-state index in [0.717, 1.165) is 19.3 Å². The van der Waals surface area contributed by atoms with Crippen molar-refractivity contribution < 1.29 is 13.2 Å². The summed E-state index contributed by atoms with van der Waals surface area (Å²) in [6.45, 7) is 3.47. The largest absolute Gasteiger partial charge is 0.342 e. The molecule has 160 valence electrons. The summed E-state index contributed by atoms with van der Waals surface area (Å²) in [7, 11) is -3.22. The highest BCUT2D eigenvalue weighted by Gasteiger charge is 2.47. The van der Waals surface area contributed by atoms with Gasteiger partial charge in [0.2, 0.25) is 15.9 Å². The first kappa shape index (κ1) is 21.1. The zero-order valence-electron chi connectivity index (χ0n) is 17.7. The summed E-state index contributed by atoms with van der Waals surface area (Å²) in [4.78, 5) is 15.2.